The van der Waals surface area contributed by atoms with E-state index in [0.717, 1.165) is 12.8 Å². The largest absolute Gasteiger partial charge is 0.493 e. The van der Waals surface area contributed by atoms with Crippen LogP contribution in [-0.2, 0) is 4.74 Å². The van der Waals surface area contributed by atoms with E-state index in [1.54, 1.807) is 31.4 Å². The Morgan fingerprint density at radius 3 is 2.71 bits per heavy atom. The molecule has 0 amide bonds. The molecule has 5 nitrogen and oxygen atoms in total. The Balaban J connectivity index is 2.09. The second kappa shape index (κ2) is 5.50. The maximum absolute atomic E-state index is 12.3. The molecule has 1 aliphatic rings. The topological polar surface area (TPSA) is 75.2 Å². The zero-order chi connectivity index (χ0) is 15.0. The maximum Gasteiger partial charge on any atom is 0.262 e. The van der Waals surface area contributed by atoms with Crippen molar-refractivity contribution < 1.29 is 9.84 Å². The first-order chi connectivity index (χ1) is 10.1. The number of nitrogens with one attached hydrogen (secondary N) is 1. The monoisotopic (exact) mass is 306 g/mol. The van der Waals surface area contributed by atoms with Gasteiger partial charge in [-0.3, -0.25) is 4.79 Å². The summed E-state index contributed by atoms with van der Waals surface area (Å²) in [6, 6.07) is 6.83. The molecule has 21 heavy (non-hydrogen) atoms. The SMILES string of the molecule is COC(c1nc(O)c(-c2ccccc2Cl)c(=O)[nH]1)C1CC1. The highest BCUT2D eigenvalue weighted by Crippen LogP contribution is 2.42. The molecule has 1 aromatic heterocycles. The molecular formula is C15H15ClN2O3. The smallest absolute Gasteiger partial charge is 0.262 e. The van der Waals surface area contributed by atoms with Gasteiger partial charge in [0.05, 0.1) is 0 Å². The van der Waals surface area contributed by atoms with Gasteiger partial charge < -0.3 is 14.8 Å². The molecule has 110 valence electrons. The van der Waals surface area contributed by atoms with Gasteiger partial charge in [0.15, 0.2) is 0 Å². The van der Waals surface area contributed by atoms with Crippen molar-refractivity contribution in [2.45, 2.75) is 18.9 Å². The van der Waals surface area contributed by atoms with Crippen LogP contribution in [0.4, 0.5) is 0 Å². The third-order valence-electron chi connectivity index (χ3n) is 3.64. The summed E-state index contributed by atoms with van der Waals surface area (Å²) in [5.41, 5.74) is 0.112. The number of aromatic nitrogens is 2. The van der Waals surface area contributed by atoms with Gasteiger partial charge in [-0.1, -0.05) is 29.8 Å². The first kappa shape index (κ1) is 14.1. The molecule has 0 bridgehead atoms. The van der Waals surface area contributed by atoms with E-state index in [-0.39, 0.29) is 17.5 Å². The van der Waals surface area contributed by atoms with Crippen molar-refractivity contribution in [3.63, 3.8) is 0 Å². The highest BCUT2D eigenvalue weighted by atomic mass is 35.5. The van der Waals surface area contributed by atoms with Gasteiger partial charge in [0.1, 0.15) is 17.5 Å². The van der Waals surface area contributed by atoms with Crippen LogP contribution in [0.2, 0.25) is 5.02 Å². The van der Waals surface area contributed by atoms with Crippen molar-refractivity contribution in [2.75, 3.05) is 7.11 Å². The van der Waals surface area contributed by atoms with Crippen molar-refractivity contribution in [3.8, 4) is 17.0 Å². The fourth-order valence-electron chi connectivity index (χ4n) is 2.45. The van der Waals surface area contributed by atoms with E-state index in [1.807, 2.05) is 0 Å². The highest BCUT2D eigenvalue weighted by Gasteiger charge is 2.34. The van der Waals surface area contributed by atoms with Gasteiger partial charge >= 0.3 is 0 Å². The number of H-pyrrole nitrogens is 1. The summed E-state index contributed by atoms with van der Waals surface area (Å²) in [7, 11) is 1.57. The van der Waals surface area contributed by atoms with E-state index in [2.05, 4.69) is 9.97 Å². The molecule has 0 saturated heterocycles. The zero-order valence-corrected chi connectivity index (χ0v) is 12.2. The summed E-state index contributed by atoms with van der Waals surface area (Å²) < 4.78 is 5.37. The quantitative estimate of drug-likeness (QED) is 0.910. The standard InChI is InChI=1S/C15H15ClN2O3/c1-21-12(8-6-7-8)13-17-14(19)11(15(20)18-13)9-4-2-3-5-10(9)16/h2-5,8,12H,6-7H2,1H3,(H2,17,18,19,20). The van der Waals surface area contributed by atoms with E-state index < -0.39 is 5.56 Å². The lowest BCUT2D eigenvalue weighted by molar-refractivity contribution is 0.0764. The second-order valence-electron chi connectivity index (χ2n) is 5.12. The van der Waals surface area contributed by atoms with Crippen molar-refractivity contribution in [2.24, 2.45) is 5.92 Å². The number of hydrogen-bond acceptors (Lipinski definition) is 4. The van der Waals surface area contributed by atoms with Crippen molar-refractivity contribution in [3.05, 3.63) is 45.5 Å². The van der Waals surface area contributed by atoms with Gasteiger partial charge in [0, 0.05) is 17.7 Å². The fraction of sp³-hybridized carbons (Fsp3) is 0.333. The molecule has 6 heteroatoms. The Morgan fingerprint density at radius 2 is 2.14 bits per heavy atom. The summed E-state index contributed by atoms with van der Waals surface area (Å²) in [5.74, 6) is 0.381. The molecule has 1 saturated carbocycles. The summed E-state index contributed by atoms with van der Waals surface area (Å²) in [6.45, 7) is 0. The van der Waals surface area contributed by atoms with E-state index >= 15 is 0 Å². The average Bonchev–Trinajstić information content (AvgIpc) is 3.26. The van der Waals surface area contributed by atoms with E-state index in [0.29, 0.717) is 22.3 Å². The van der Waals surface area contributed by atoms with Crippen LogP contribution in [0.1, 0.15) is 24.8 Å². The molecule has 2 N–H and O–H groups in total. The second-order valence-corrected chi connectivity index (χ2v) is 5.53. The lowest BCUT2D eigenvalue weighted by Gasteiger charge is -2.14. The molecule has 0 aliphatic heterocycles. The first-order valence-electron chi connectivity index (χ1n) is 6.72. The summed E-state index contributed by atoms with van der Waals surface area (Å²) in [6.07, 6.45) is 1.79. The summed E-state index contributed by atoms with van der Waals surface area (Å²) in [5, 5.41) is 10.5. The summed E-state index contributed by atoms with van der Waals surface area (Å²) in [4.78, 5) is 19.1. The predicted octanol–water partition coefficient (Wildman–Crippen LogP) is 2.89. The van der Waals surface area contributed by atoms with Gasteiger partial charge in [-0.25, -0.2) is 0 Å². The molecular weight excluding hydrogens is 292 g/mol. The van der Waals surface area contributed by atoms with Crippen molar-refractivity contribution in [1.29, 1.82) is 0 Å². The maximum atomic E-state index is 12.3. The van der Waals surface area contributed by atoms with Crippen LogP contribution in [0.3, 0.4) is 0 Å². The number of ether oxygens (including phenoxy) is 1. The van der Waals surface area contributed by atoms with Crippen LogP contribution in [0.5, 0.6) is 5.88 Å². The number of aromatic amines is 1. The summed E-state index contributed by atoms with van der Waals surface area (Å²) >= 11 is 6.08. The molecule has 1 heterocycles. The number of hydrogen-bond donors (Lipinski definition) is 2. The number of nitrogens with zero attached hydrogens (tertiary/aromatic N) is 1. The molecule has 2 aromatic rings. The molecule has 3 rings (SSSR count). The Labute approximate surface area is 126 Å². The van der Waals surface area contributed by atoms with Gasteiger partial charge in [0.2, 0.25) is 5.88 Å². The molecule has 1 atom stereocenters. The Hall–Kier alpha value is -1.85. The number of methoxy groups -OCH3 is 1. The molecule has 1 unspecified atom stereocenters. The predicted molar refractivity (Wildman–Crippen MR) is 79.4 cm³/mol. The minimum Gasteiger partial charge on any atom is -0.493 e. The van der Waals surface area contributed by atoms with Crippen molar-refractivity contribution >= 4 is 11.6 Å². The van der Waals surface area contributed by atoms with E-state index in [4.69, 9.17) is 16.3 Å². The first-order valence-corrected chi connectivity index (χ1v) is 7.10. The highest BCUT2D eigenvalue weighted by molar-refractivity contribution is 6.33. The van der Waals surface area contributed by atoms with Crippen LogP contribution < -0.4 is 5.56 Å². The van der Waals surface area contributed by atoms with E-state index in [1.165, 1.54) is 0 Å². The van der Waals surface area contributed by atoms with Crippen LogP contribution >= 0.6 is 11.6 Å². The zero-order valence-electron chi connectivity index (χ0n) is 11.5. The Morgan fingerprint density at radius 1 is 1.43 bits per heavy atom. The lowest BCUT2D eigenvalue weighted by atomic mass is 10.1. The molecule has 1 aliphatic carbocycles. The fourth-order valence-corrected chi connectivity index (χ4v) is 2.68. The number of aromatic hydroxyl groups is 1. The third kappa shape index (κ3) is 2.66. The van der Waals surface area contributed by atoms with Crippen molar-refractivity contribution in [1.82, 2.24) is 9.97 Å². The third-order valence-corrected chi connectivity index (χ3v) is 3.97. The minimum atomic E-state index is -0.423. The van der Waals surface area contributed by atoms with Crippen LogP contribution in [0, 0.1) is 5.92 Å². The van der Waals surface area contributed by atoms with Gasteiger partial charge in [0.25, 0.3) is 5.56 Å². The molecule has 0 spiro atoms. The Kier molecular flexibility index (Phi) is 3.69. The van der Waals surface area contributed by atoms with Crippen LogP contribution in [-0.4, -0.2) is 22.2 Å². The van der Waals surface area contributed by atoms with Gasteiger partial charge in [-0.2, -0.15) is 4.98 Å². The van der Waals surface area contributed by atoms with Gasteiger partial charge in [-0.05, 0) is 24.8 Å². The van der Waals surface area contributed by atoms with Crippen LogP contribution in [0.25, 0.3) is 11.1 Å². The number of halogens is 1. The lowest BCUT2D eigenvalue weighted by Crippen LogP contribution is -2.18. The minimum absolute atomic E-state index is 0.0787. The van der Waals surface area contributed by atoms with Crippen LogP contribution in [0.15, 0.2) is 29.1 Å². The molecule has 1 aromatic carbocycles. The number of rotatable bonds is 4. The Bertz CT molecular complexity index is 725. The normalized spacial score (nSPS) is 15.9. The average molecular weight is 307 g/mol. The number of benzene rings is 1. The van der Waals surface area contributed by atoms with Gasteiger partial charge in [-0.15, -0.1) is 0 Å². The molecule has 1 fully saturated rings. The van der Waals surface area contributed by atoms with E-state index in [9.17, 15) is 9.90 Å². The molecule has 0 radical (unpaired) electrons.